The van der Waals surface area contributed by atoms with E-state index in [1.54, 1.807) is 6.07 Å². The smallest absolute Gasteiger partial charge is 0.407 e. The third kappa shape index (κ3) is 5.82. The molecule has 0 spiro atoms. The van der Waals surface area contributed by atoms with Gasteiger partial charge < -0.3 is 15.4 Å². The van der Waals surface area contributed by atoms with Gasteiger partial charge in [0.05, 0.1) is 11.6 Å². The molecular formula is C18H25N3O2. The normalized spacial score (nSPS) is 21.1. The standard InChI is InChI=1S/C18H25N3O2/c1-18(2,3)23-17(22)21-15-9-7-14(8-10-15)20-16-6-4-5-13(11-16)12-19/h4-6,11,14-15,20H,7-10H2,1-3H3,(H,21,22). The Morgan fingerprint density at radius 3 is 2.48 bits per heavy atom. The number of hydrogen-bond donors (Lipinski definition) is 2. The Labute approximate surface area is 138 Å². The van der Waals surface area contributed by atoms with E-state index in [9.17, 15) is 4.79 Å². The Kier molecular flexibility index (Phi) is 5.49. The van der Waals surface area contributed by atoms with E-state index in [2.05, 4.69) is 16.7 Å². The molecule has 1 aromatic rings. The van der Waals surface area contributed by atoms with Gasteiger partial charge in [-0.1, -0.05) is 6.07 Å². The molecule has 2 N–H and O–H groups in total. The van der Waals surface area contributed by atoms with Crippen LogP contribution in [0.3, 0.4) is 0 Å². The maximum atomic E-state index is 11.8. The number of hydrogen-bond acceptors (Lipinski definition) is 4. The molecule has 0 saturated heterocycles. The number of carbonyl (C=O) groups is 1. The maximum absolute atomic E-state index is 11.8. The zero-order valence-electron chi connectivity index (χ0n) is 14.1. The Morgan fingerprint density at radius 2 is 1.87 bits per heavy atom. The Hall–Kier alpha value is -2.22. The zero-order chi connectivity index (χ0) is 16.9. The van der Waals surface area contributed by atoms with Crippen molar-refractivity contribution in [2.24, 2.45) is 0 Å². The lowest BCUT2D eigenvalue weighted by molar-refractivity contribution is 0.0492. The number of nitrogens with one attached hydrogen (secondary N) is 2. The predicted molar refractivity (Wildman–Crippen MR) is 90.2 cm³/mol. The fourth-order valence-corrected chi connectivity index (χ4v) is 2.77. The van der Waals surface area contributed by atoms with E-state index in [0.29, 0.717) is 11.6 Å². The van der Waals surface area contributed by atoms with Crippen molar-refractivity contribution in [1.29, 1.82) is 5.26 Å². The molecule has 1 aliphatic rings. The second-order valence-electron chi connectivity index (χ2n) is 7.03. The molecule has 0 bridgehead atoms. The van der Waals surface area contributed by atoms with Crippen LogP contribution in [0, 0.1) is 11.3 Å². The summed E-state index contributed by atoms with van der Waals surface area (Å²) >= 11 is 0. The number of rotatable bonds is 3. The molecule has 5 nitrogen and oxygen atoms in total. The van der Waals surface area contributed by atoms with Crippen LogP contribution in [0.1, 0.15) is 52.0 Å². The highest BCUT2D eigenvalue weighted by atomic mass is 16.6. The monoisotopic (exact) mass is 315 g/mol. The highest BCUT2D eigenvalue weighted by molar-refractivity contribution is 5.68. The van der Waals surface area contributed by atoms with E-state index in [-0.39, 0.29) is 12.1 Å². The van der Waals surface area contributed by atoms with Gasteiger partial charge in [0.25, 0.3) is 0 Å². The molecule has 0 atom stereocenters. The molecule has 0 aromatic heterocycles. The summed E-state index contributed by atoms with van der Waals surface area (Å²) in [4.78, 5) is 11.8. The second kappa shape index (κ2) is 7.36. The maximum Gasteiger partial charge on any atom is 0.407 e. The van der Waals surface area contributed by atoms with Crippen molar-refractivity contribution in [3.05, 3.63) is 29.8 Å². The number of ether oxygens (including phenoxy) is 1. The first-order valence-corrected chi connectivity index (χ1v) is 8.12. The molecule has 0 heterocycles. The molecule has 124 valence electrons. The predicted octanol–water partition coefficient (Wildman–Crippen LogP) is 3.81. The van der Waals surface area contributed by atoms with Crippen molar-refractivity contribution in [3.63, 3.8) is 0 Å². The Balaban J connectivity index is 1.77. The lowest BCUT2D eigenvalue weighted by Gasteiger charge is -2.31. The summed E-state index contributed by atoms with van der Waals surface area (Å²) in [5, 5.41) is 15.4. The van der Waals surface area contributed by atoms with Crippen LogP contribution in [0.2, 0.25) is 0 Å². The summed E-state index contributed by atoms with van der Waals surface area (Å²) in [6.07, 6.45) is 3.48. The van der Waals surface area contributed by atoms with E-state index in [4.69, 9.17) is 10.00 Å². The quantitative estimate of drug-likeness (QED) is 0.889. The van der Waals surface area contributed by atoms with Gasteiger partial charge in [0.1, 0.15) is 5.60 Å². The van der Waals surface area contributed by atoms with Crippen LogP contribution in [0.4, 0.5) is 10.5 Å². The number of nitriles is 1. The van der Waals surface area contributed by atoms with Crippen LogP contribution in [0.5, 0.6) is 0 Å². The van der Waals surface area contributed by atoms with Gasteiger partial charge in [-0.05, 0) is 64.7 Å². The summed E-state index contributed by atoms with van der Waals surface area (Å²) < 4.78 is 5.29. The SMILES string of the molecule is CC(C)(C)OC(=O)NC1CCC(Nc2cccc(C#N)c2)CC1. The topological polar surface area (TPSA) is 74.2 Å². The van der Waals surface area contributed by atoms with Gasteiger partial charge in [0.15, 0.2) is 0 Å². The minimum absolute atomic E-state index is 0.174. The van der Waals surface area contributed by atoms with Gasteiger partial charge in [-0.25, -0.2) is 4.79 Å². The van der Waals surface area contributed by atoms with E-state index < -0.39 is 5.60 Å². The first kappa shape index (κ1) is 17.1. The highest BCUT2D eigenvalue weighted by Gasteiger charge is 2.24. The van der Waals surface area contributed by atoms with Gasteiger partial charge >= 0.3 is 6.09 Å². The first-order valence-electron chi connectivity index (χ1n) is 8.12. The zero-order valence-corrected chi connectivity index (χ0v) is 14.1. The average molecular weight is 315 g/mol. The van der Waals surface area contributed by atoms with Crippen molar-refractivity contribution in [3.8, 4) is 6.07 Å². The van der Waals surface area contributed by atoms with Gasteiger partial charge in [-0.15, -0.1) is 0 Å². The molecule has 1 saturated carbocycles. The van der Waals surface area contributed by atoms with Crippen LogP contribution in [0.25, 0.3) is 0 Å². The fourth-order valence-electron chi connectivity index (χ4n) is 2.77. The molecule has 0 radical (unpaired) electrons. The van der Waals surface area contributed by atoms with Gasteiger partial charge in [-0.2, -0.15) is 5.26 Å². The largest absolute Gasteiger partial charge is 0.444 e. The molecule has 0 unspecified atom stereocenters. The van der Waals surface area contributed by atoms with Crippen LogP contribution in [0.15, 0.2) is 24.3 Å². The summed E-state index contributed by atoms with van der Waals surface area (Å²) in [6, 6.07) is 10.2. The Morgan fingerprint density at radius 1 is 1.22 bits per heavy atom. The second-order valence-corrected chi connectivity index (χ2v) is 7.03. The summed E-state index contributed by atoms with van der Waals surface area (Å²) in [6.45, 7) is 5.59. The van der Waals surface area contributed by atoms with Crippen LogP contribution < -0.4 is 10.6 Å². The van der Waals surface area contributed by atoms with Crippen molar-refractivity contribution in [1.82, 2.24) is 5.32 Å². The molecule has 23 heavy (non-hydrogen) atoms. The third-order valence-electron chi connectivity index (χ3n) is 3.81. The summed E-state index contributed by atoms with van der Waals surface area (Å²) in [5.41, 5.74) is 1.18. The molecule has 1 aliphatic carbocycles. The molecular weight excluding hydrogens is 290 g/mol. The fraction of sp³-hybridized carbons (Fsp3) is 0.556. The van der Waals surface area contributed by atoms with Gasteiger partial charge in [0, 0.05) is 17.8 Å². The van der Waals surface area contributed by atoms with Gasteiger partial charge in [0.2, 0.25) is 0 Å². The van der Waals surface area contributed by atoms with E-state index in [1.807, 2.05) is 39.0 Å². The first-order chi connectivity index (χ1) is 10.9. The lowest BCUT2D eigenvalue weighted by atomic mass is 9.91. The molecule has 2 rings (SSSR count). The van der Waals surface area contributed by atoms with Crippen molar-refractivity contribution in [2.45, 2.75) is 64.1 Å². The van der Waals surface area contributed by atoms with E-state index >= 15 is 0 Å². The van der Waals surface area contributed by atoms with Crippen LogP contribution in [-0.4, -0.2) is 23.8 Å². The number of nitrogens with zero attached hydrogens (tertiary/aromatic N) is 1. The lowest BCUT2D eigenvalue weighted by Crippen LogP contribution is -2.42. The van der Waals surface area contributed by atoms with Crippen molar-refractivity contribution < 1.29 is 9.53 Å². The number of anilines is 1. The van der Waals surface area contributed by atoms with E-state index in [1.165, 1.54) is 0 Å². The van der Waals surface area contributed by atoms with Crippen molar-refractivity contribution >= 4 is 11.8 Å². The minimum Gasteiger partial charge on any atom is -0.444 e. The number of carbonyl (C=O) groups excluding carboxylic acids is 1. The molecule has 1 fully saturated rings. The highest BCUT2D eigenvalue weighted by Crippen LogP contribution is 2.23. The molecule has 0 aliphatic heterocycles. The van der Waals surface area contributed by atoms with Crippen LogP contribution in [-0.2, 0) is 4.74 Å². The third-order valence-corrected chi connectivity index (χ3v) is 3.81. The minimum atomic E-state index is -0.464. The van der Waals surface area contributed by atoms with E-state index in [0.717, 1.165) is 31.4 Å². The number of amides is 1. The molecule has 1 aromatic carbocycles. The average Bonchev–Trinajstić information content (AvgIpc) is 2.47. The summed E-state index contributed by atoms with van der Waals surface area (Å²) in [7, 11) is 0. The van der Waals surface area contributed by atoms with Gasteiger partial charge in [-0.3, -0.25) is 0 Å². The number of alkyl carbamates (subject to hydrolysis) is 1. The molecule has 5 heteroatoms. The van der Waals surface area contributed by atoms with Crippen molar-refractivity contribution in [2.75, 3.05) is 5.32 Å². The number of benzene rings is 1. The summed E-state index contributed by atoms with van der Waals surface area (Å²) in [5.74, 6) is 0. The molecule has 1 amide bonds. The Bertz CT molecular complexity index is 579. The van der Waals surface area contributed by atoms with Crippen LogP contribution >= 0.6 is 0 Å².